The van der Waals surface area contributed by atoms with Crippen molar-refractivity contribution in [3.63, 3.8) is 0 Å². The fraction of sp³-hybridized carbons (Fsp3) is 0.667. The van der Waals surface area contributed by atoms with Crippen LogP contribution in [-0.4, -0.2) is 48.4 Å². The number of ether oxygens (including phenoxy) is 4. The van der Waals surface area contributed by atoms with Crippen LogP contribution in [0.15, 0.2) is 18.2 Å². The number of hydrogen-bond acceptors (Lipinski definition) is 9. The Hall–Kier alpha value is -3.14. The fourth-order valence-corrected chi connectivity index (χ4v) is 3.56. The van der Waals surface area contributed by atoms with Crippen molar-refractivity contribution in [3.8, 4) is 11.5 Å². The normalized spacial score (nSPS) is 14.0. The molecule has 40 heavy (non-hydrogen) atoms. The van der Waals surface area contributed by atoms with E-state index in [-0.39, 0.29) is 24.7 Å². The topological polar surface area (TPSA) is 151 Å². The number of esters is 2. The van der Waals surface area contributed by atoms with Crippen LogP contribution >= 0.6 is 0 Å². The summed E-state index contributed by atoms with van der Waals surface area (Å²) in [6.07, 6.45) is 2.79. The molecule has 10 heteroatoms. The van der Waals surface area contributed by atoms with Gasteiger partial charge in [-0.05, 0) is 70.6 Å². The summed E-state index contributed by atoms with van der Waals surface area (Å²) < 4.78 is 21.6. The first kappa shape index (κ1) is 34.9. The first-order chi connectivity index (χ1) is 18.6. The molecule has 0 aliphatic carbocycles. The van der Waals surface area contributed by atoms with Crippen molar-refractivity contribution in [3.05, 3.63) is 23.8 Å². The maximum Gasteiger partial charge on any atom is 0.508 e. The molecule has 0 aliphatic heterocycles. The van der Waals surface area contributed by atoms with Gasteiger partial charge in [0.15, 0.2) is 11.5 Å². The van der Waals surface area contributed by atoms with Gasteiger partial charge in [0.1, 0.15) is 6.04 Å². The van der Waals surface area contributed by atoms with E-state index in [9.17, 15) is 24.3 Å². The van der Waals surface area contributed by atoms with Crippen molar-refractivity contribution < 1.29 is 43.2 Å². The van der Waals surface area contributed by atoms with Gasteiger partial charge >= 0.3 is 24.1 Å². The van der Waals surface area contributed by atoms with Crippen molar-refractivity contribution in [1.29, 1.82) is 0 Å². The molecule has 0 aliphatic rings. The van der Waals surface area contributed by atoms with E-state index in [4.69, 9.17) is 24.7 Å². The molecule has 0 spiro atoms. The molecule has 0 saturated heterocycles. The molecule has 0 heterocycles. The number of benzene rings is 1. The second-order valence-corrected chi connectivity index (χ2v) is 11.4. The lowest BCUT2D eigenvalue weighted by Crippen LogP contribution is -2.40. The van der Waals surface area contributed by atoms with E-state index in [2.05, 4.69) is 0 Å². The number of hydrogen-bond donors (Lipinski definition) is 2. The molecule has 0 aromatic heterocycles. The minimum absolute atomic E-state index is 0.0257. The lowest BCUT2D eigenvalue weighted by Gasteiger charge is -2.28. The van der Waals surface area contributed by atoms with E-state index in [0.29, 0.717) is 18.4 Å². The molecule has 0 saturated carbocycles. The van der Waals surface area contributed by atoms with E-state index in [1.807, 2.05) is 20.8 Å². The summed E-state index contributed by atoms with van der Waals surface area (Å²) in [7, 11) is 0. The Morgan fingerprint density at radius 3 is 1.93 bits per heavy atom. The zero-order valence-corrected chi connectivity index (χ0v) is 25.2. The van der Waals surface area contributed by atoms with Gasteiger partial charge < -0.3 is 29.8 Å². The number of carboxylic acids is 1. The first-order valence-corrected chi connectivity index (χ1v) is 14.0. The van der Waals surface area contributed by atoms with Gasteiger partial charge in [0, 0.05) is 5.92 Å². The van der Waals surface area contributed by atoms with Gasteiger partial charge in [0.05, 0.1) is 24.0 Å². The van der Waals surface area contributed by atoms with Crippen LogP contribution in [0.1, 0.15) is 99.0 Å². The van der Waals surface area contributed by atoms with Gasteiger partial charge in [-0.1, -0.05) is 46.6 Å². The molecule has 3 N–H and O–H groups in total. The average Bonchev–Trinajstić information content (AvgIpc) is 2.90. The van der Waals surface area contributed by atoms with Crippen LogP contribution in [0.3, 0.4) is 0 Å². The highest BCUT2D eigenvalue weighted by molar-refractivity contribution is 5.81. The van der Waals surface area contributed by atoms with Crippen molar-refractivity contribution in [2.75, 3.05) is 13.2 Å². The van der Waals surface area contributed by atoms with Gasteiger partial charge in [-0.3, -0.25) is 14.4 Å². The summed E-state index contributed by atoms with van der Waals surface area (Å²) in [5.41, 5.74) is 4.89. The highest BCUT2D eigenvalue weighted by Gasteiger charge is 2.35. The van der Waals surface area contributed by atoms with E-state index in [0.717, 1.165) is 19.3 Å². The molecule has 10 nitrogen and oxygen atoms in total. The zero-order chi connectivity index (χ0) is 30.7. The maximum atomic E-state index is 13.0. The van der Waals surface area contributed by atoms with Crippen LogP contribution in [-0.2, 0) is 23.9 Å². The van der Waals surface area contributed by atoms with Crippen molar-refractivity contribution in [2.45, 2.75) is 99.5 Å². The molecule has 0 amide bonds. The number of carbonyl (C=O) groups is 4. The van der Waals surface area contributed by atoms with Gasteiger partial charge in [-0.25, -0.2) is 4.79 Å². The molecule has 2 unspecified atom stereocenters. The monoisotopic (exact) mass is 565 g/mol. The number of carboxylic acid groups (broad SMARTS) is 1. The van der Waals surface area contributed by atoms with Crippen LogP contribution in [0.2, 0.25) is 0 Å². The lowest BCUT2D eigenvalue weighted by molar-refractivity contribution is -0.147. The minimum Gasteiger partial charge on any atom is -0.480 e. The Bertz CT molecular complexity index is 1020. The minimum atomic E-state index is -1.37. The quantitative estimate of drug-likeness (QED) is 0.142. The molecule has 226 valence electrons. The van der Waals surface area contributed by atoms with Gasteiger partial charge in [-0.15, -0.1) is 0 Å². The van der Waals surface area contributed by atoms with Gasteiger partial charge in [0.2, 0.25) is 0 Å². The molecule has 3 atom stereocenters. The summed E-state index contributed by atoms with van der Waals surface area (Å²) in [6, 6.07) is 3.11. The Morgan fingerprint density at radius 2 is 1.43 bits per heavy atom. The first-order valence-electron chi connectivity index (χ1n) is 14.0. The summed E-state index contributed by atoms with van der Waals surface area (Å²) in [5.74, 6) is -3.72. The predicted octanol–water partition coefficient (Wildman–Crippen LogP) is 5.84. The Labute approximate surface area is 237 Å². The number of nitrogens with two attached hydrogens (primary N) is 1. The molecule has 1 aromatic carbocycles. The third-order valence-electron chi connectivity index (χ3n) is 7.35. The Morgan fingerprint density at radius 1 is 0.875 bits per heavy atom. The highest BCUT2D eigenvalue weighted by Crippen LogP contribution is 2.38. The van der Waals surface area contributed by atoms with Crippen molar-refractivity contribution in [2.24, 2.45) is 22.5 Å². The Balaban J connectivity index is 3.38. The molecule has 1 rings (SSSR count). The number of aliphatic carboxylic acids is 1. The lowest BCUT2D eigenvalue weighted by atomic mass is 9.82. The van der Waals surface area contributed by atoms with Crippen LogP contribution in [0.5, 0.6) is 11.5 Å². The van der Waals surface area contributed by atoms with Crippen LogP contribution in [0, 0.1) is 16.7 Å². The second-order valence-electron chi connectivity index (χ2n) is 11.4. The van der Waals surface area contributed by atoms with E-state index < -0.39 is 52.8 Å². The summed E-state index contributed by atoms with van der Waals surface area (Å²) >= 11 is 0. The predicted molar refractivity (Wildman–Crippen MR) is 150 cm³/mol. The molecule has 0 bridgehead atoms. The summed E-state index contributed by atoms with van der Waals surface area (Å²) in [4.78, 5) is 49.7. The van der Waals surface area contributed by atoms with Crippen LogP contribution < -0.4 is 15.2 Å². The zero-order valence-electron chi connectivity index (χ0n) is 25.2. The molecule has 0 radical (unpaired) electrons. The smallest absolute Gasteiger partial charge is 0.480 e. The number of rotatable bonds is 16. The average molecular weight is 566 g/mol. The van der Waals surface area contributed by atoms with Crippen LogP contribution in [0.4, 0.5) is 4.79 Å². The van der Waals surface area contributed by atoms with Crippen molar-refractivity contribution in [1.82, 2.24) is 0 Å². The third-order valence-corrected chi connectivity index (χ3v) is 7.35. The molecule has 1 aromatic rings. The molecular formula is C30H47NO9. The van der Waals surface area contributed by atoms with Gasteiger partial charge in [0.25, 0.3) is 0 Å². The number of unbranched alkanes of at least 4 members (excludes halogenated alkanes) is 2. The fourth-order valence-electron chi connectivity index (χ4n) is 3.56. The summed E-state index contributed by atoms with van der Waals surface area (Å²) in [6.45, 7) is 14.5. The SMILES string of the molecule is CCCCCOC(=O)OCC(C)C(c1ccc(OC(=O)C(C)(C)CC)c(OC(=O)C(C)(C)CC)c1)[C@H](N)C(=O)O. The molecule has 0 fully saturated rings. The second kappa shape index (κ2) is 15.6. The number of carbonyl (C=O) groups excluding carboxylic acids is 3. The molecular weight excluding hydrogens is 518 g/mol. The van der Waals surface area contributed by atoms with E-state index >= 15 is 0 Å². The maximum absolute atomic E-state index is 13.0. The standard InChI is InChI=1S/C30H47NO9/c1-9-12-13-16-37-28(36)38-18-19(4)23(24(31)25(32)33)20-14-15-21(39-26(34)29(5,6)10-2)22(17-20)40-27(35)30(7,8)11-3/h14-15,17,19,23-24H,9-13,16,18,31H2,1-8H3,(H,32,33)/t19?,23?,24-/m0/s1. The largest absolute Gasteiger partial charge is 0.508 e. The van der Waals surface area contributed by atoms with Crippen LogP contribution in [0.25, 0.3) is 0 Å². The summed E-state index contributed by atoms with van der Waals surface area (Å²) in [5, 5.41) is 9.74. The van der Waals surface area contributed by atoms with E-state index in [1.165, 1.54) is 12.1 Å². The Kier molecular flexibility index (Phi) is 13.6. The van der Waals surface area contributed by atoms with Gasteiger partial charge in [-0.2, -0.15) is 0 Å². The third kappa shape index (κ3) is 10.1. The highest BCUT2D eigenvalue weighted by atomic mass is 16.7. The van der Waals surface area contributed by atoms with Crippen molar-refractivity contribution >= 4 is 24.1 Å². The van der Waals surface area contributed by atoms with E-state index in [1.54, 1.807) is 40.7 Å².